The van der Waals surface area contributed by atoms with Crippen LogP contribution in [0.25, 0.3) is 44.2 Å². The van der Waals surface area contributed by atoms with Crippen LogP contribution in [-0.4, -0.2) is 88.2 Å². The van der Waals surface area contributed by atoms with Gasteiger partial charge in [-0.05, 0) is 91.4 Å². The largest absolute Gasteiger partial charge is 0.488 e. The average molecular weight is 706 g/mol. The number of aromatic amines is 2. The summed E-state index contributed by atoms with van der Waals surface area (Å²) >= 11 is 0. The molecule has 5 aromatic rings. The summed E-state index contributed by atoms with van der Waals surface area (Å²) in [4.78, 5) is 47.1. The number of amides is 2. The van der Waals surface area contributed by atoms with Crippen LogP contribution in [0.3, 0.4) is 0 Å². The molecule has 12 heteroatoms. The predicted octanol–water partition coefficient (Wildman–Crippen LogP) is 6.74. The van der Waals surface area contributed by atoms with E-state index in [2.05, 4.69) is 69.7 Å². The molecule has 2 fully saturated rings. The number of likely N-dealkylation sites (tertiary alicyclic amines) is 2. The lowest BCUT2D eigenvalue weighted by molar-refractivity contribution is -0.137. The van der Waals surface area contributed by atoms with Crippen molar-refractivity contribution in [2.24, 2.45) is 11.8 Å². The van der Waals surface area contributed by atoms with Crippen LogP contribution in [0.5, 0.6) is 5.75 Å². The van der Waals surface area contributed by atoms with Gasteiger partial charge in [0.2, 0.25) is 5.91 Å². The number of carbonyl (C=O) groups is 2. The third-order valence-corrected chi connectivity index (χ3v) is 11.3. The zero-order valence-corrected chi connectivity index (χ0v) is 30.7. The number of H-pyrrole nitrogens is 2. The third-order valence-electron chi connectivity index (χ3n) is 11.3. The van der Waals surface area contributed by atoms with E-state index in [1.807, 2.05) is 31.9 Å². The van der Waals surface area contributed by atoms with Crippen LogP contribution in [0.4, 0.5) is 4.79 Å². The molecule has 3 N–H and O–H groups in total. The number of benzene rings is 3. The quantitative estimate of drug-likeness (QED) is 0.162. The first-order valence-corrected chi connectivity index (χ1v) is 18.3. The van der Waals surface area contributed by atoms with Crippen molar-refractivity contribution in [1.29, 1.82) is 0 Å². The summed E-state index contributed by atoms with van der Waals surface area (Å²) in [6, 6.07) is 14.4. The van der Waals surface area contributed by atoms with E-state index >= 15 is 0 Å². The minimum atomic E-state index is -0.693. The fourth-order valence-electron chi connectivity index (χ4n) is 8.56. The third kappa shape index (κ3) is 5.97. The number of methoxy groups -OCH3 is 2. The number of alkyl carbamates (subject to hydrolysis) is 1. The van der Waals surface area contributed by atoms with Gasteiger partial charge in [0.25, 0.3) is 0 Å². The molecule has 52 heavy (non-hydrogen) atoms. The zero-order chi connectivity index (χ0) is 36.3. The average Bonchev–Trinajstić information content (AvgIpc) is 3.95. The standard InChI is InChI=1S/C40H47N7O5/c1-21(2)35(45-40(49)51-6)39(48)47-22(3)7-12-32(47)37-41-17-31(43-37)25-8-10-27-26(14-25)20-52-34-16-28-24(15-29(27)34)9-11-30-36(28)44-38(42-30)33-13-23(19-50-5)18-46(33)4/h8-11,14-17,21-23,32-33,35H,7,12-13,18-20H2,1-6H3,(H,41,43)(H,42,44)(H,45,49)/t22-,23-,32-,33?,35-/m0/s1. The van der Waals surface area contributed by atoms with Crippen molar-refractivity contribution in [2.45, 2.75) is 70.8 Å². The molecule has 2 aromatic heterocycles. The van der Waals surface area contributed by atoms with Gasteiger partial charge in [0, 0.05) is 30.6 Å². The van der Waals surface area contributed by atoms with Gasteiger partial charge in [-0.1, -0.05) is 32.0 Å². The summed E-state index contributed by atoms with van der Waals surface area (Å²) in [5, 5.41) is 4.96. The Morgan fingerprint density at radius 1 is 1.04 bits per heavy atom. The molecule has 5 atom stereocenters. The molecule has 0 aliphatic carbocycles. The van der Waals surface area contributed by atoms with E-state index in [9.17, 15) is 9.59 Å². The summed E-state index contributed by atoms with van der Waals surface area (Å²) in [5.41, 5.74) is 7.18. The monoisotopic (exact) mass is 705 g/mol. The van der Waals surface area contributed by atoms with Crippen LogP contribution in [0, 0.1) is 11.8 Å². The normalized spacial score (nSPS) is 22.1. The summed E-state index contributed by atoms with van der Waals surface area (Å²) in [6.45, 7) is 8.09. The molecule has 0 bridgehead atoms. The van der Waals surface area contributed by atoms with Crippen molar-refractivity contribution in [2.75, 3.05) is 34.4 Å². The molecule has 5 heterocycles. The molecule has 12 nitrogen and oxygen atoms in total. The molecule has 2 amide bonds. The number of nitrogens with one attached hydrogen (secondary N) is 3. The number of carbonyl (C=O) groups excluding carboxylic acids is 2. The second-order valence-corrected chi connectivity index (χ2v) is 15.1. The summed E-state index contributed by atoms with van der Waals surface area (Å²) in [5.74, 6) is 2.86. The number of hydrogen-bond donors (Lipinski definition) is 3. The van der Waals surface area contributed by atoms with Crippen molar-refractivity contribution in [3.05, 3.63) is 65.9 Å². The minimum absolute atomic E-state index is 0.0121. The molecule has 0 radical (unpaired) electrons. The van der Waals surface area contributed by atoms with Crippen LogP contribution in [0.1, 0.15) is 69.3 Å². The molecular weight excluding hydrogens is 658 g/mol. The summed E-state index contributed by atoms with van der Waals surface area (Å²) in [7, 11) is 5.23. The summed E-state index contributed by atoms with van der Waals surface area (Å²) < 4.78 is 16.7. The fraction of sp³-hybridized carbons (Fsp3) is 0.450. The maximum atomic E-state index is 13.8. The van der Waals surface area contributed by atoms with Gasteiger partial charge in [0.15, 0.2) is 0 Å². The van der Waals surface area contributed by atoms with E-state index < -0.39 is 12.1 Å². The van der Waals surface area contributed by atoms with Gasteiger partial charge >= 0.3 is 6.09 Å². The van der Waals surface area contributed by atoms with Gasteiger partial charge in [-0.2, -0.15) is 0 Å². The Morgan fingerprint density at radius 3 is 2.67 bits per heavy atom. The SMILES string of the molecule is COC[C@H]1CC(c2nc3ccc4cc5c(cc4c3[nH]2)OCc2cc(-c3cnc([C@@H]4CC[C@H](C)N4C(=O)[C@@H](NC(=O)OC)C(C)C)[nH]3)ccc2-5)N(C)C1. The molecule has 8 rings (SSSR count). The van der Waals surface area contributed by atoms with E-state index in [1.165, 1.54) is 7.11 Å². The van der Waals surface area contributed by atoms with Gasteiger partial charge in [0.05, 0.1) is 48.7 Å². The van der Waals surface area contributed by atoms with Crippen LogP contribution in [-0.2, 0) is 20.9 Å². The number of hydrogen-bond acceptors (Lipinski definition) is 8. The molecular formula is C40H47N7O5. The number of fused-ring (bicyclic) bond motifs is 6. The topological polar surface area (TPSA) is 138 Å². The van der Waals surface area contributed by atoms with E-state index in [4.69, 9.17) is 24.2 Å². The Balaban J connectivity index is 1.05. The number of nitrogens with zero attached hydrogens (tertiary/aromatic N) is 4. The lowest BCUT2D eigenvalue weighted by Gasteiger charge is -2.32. The molecule has 272 valence electrons. The minimum Gasteiger partial charge on any atom is -0.488 e. The summed E-state index contributed by atoms with van der Waals surface area (Å²) in [6.07, 6.45) is 3.87. The Kier molecular flexibility index (Phi) is 8.91. The molecule has 0 spiro atoms. The number of rotatable bonds is 8. The van der Waals surface area contributed by atoms with E-state index in [0.717, 1.165) is 99.6 Å². The van der Waals surface area contributed by atoms with E-state index in [1.54, 1.807) is 7.11 Å². The second-order valence-electron chi connectivity index (χ2n) is 15.1. The van der Waals surface area contributed by atoms with Crippen molar-refractivity contribution < 1.29 is 23.8 Å². The van der Waals surface area contributed by atoms with Crippen molar-refractivity contribution in [3.63, 3.8) is 0 Å². The Labute approximate surface area is 303 Å². The van der Waals surface area contributed by atoms with Gasteiger partial charge in [-0.3, -0.25) is 9.69 Å². The van der Waals surface area contributed by atoms with Crippen molar-refractivity contribution >= 4 is 33.8 Å². The molecule has 3 aromatic carbocycles. The van der Waals surface area contributed by atoms with E-state index in [-0.39, 0.29) is 30.0 Å². The molecule has 0 saturated carbocycles. The zero-order valence-electron chi connectivity index (χ0n) is 30.7. The van der Waals surface area contributed by atoms with Crippen LogP contribution >= 0.6 is 0 Å². The lowest BCUT2D eigenvalue weighted by atomic mass is 9.92. The van der Waals surface area contributed by atoms with Crippen LogP contribution < -0.4 is 10.1 Å². The fourth-order valence-corrected chi connectivity index (χ4v) is 8.56. The molecule has 3 aliphatic rings. The number of imidazole rings is 2. The lowest BCUT2D eigenvalue weighted by Crippen LogP contribution is -2.52. The van der Waals surface area contributed by atoms with Gasteiger partial charge in [-0.15, -0.1) is 0 Å². The first-order chi connectivity index (χ1) is 25.1. The number of aromatic nitrogens is 4. The van der Waals surface area contributed by atoms with Gasteiger partial charge in [0.1, 0.15) is 30.0 Å². The van der Waals surface area contributed by atoms with Gasteiger partial charge in [-0.25, -0.2) is 14.8 Å². The maximum absolute atomic E-state index is 13.8. The Bertz CT molecular complexity index is 2160. The van der Waals surface area contributed by atoms with Crippen LogP contribution in [0.2, 0.25) is 0 Å². The first-order valence-electron chi connectivity index (χ1n) is 18.3. The maximum Gasteiger partial charge on any atom is 0.407 e. The highest BCUT2D eigenvalue weighted by Crippen LogP contribution is 2.44. The highest BCUT2D eigenvalue weighted by Gasteiger charge is 2.41. The number of ether oxygens (including phenoxy) is 3. The van der Waals surface area contributed by atoms with E-state index in [0.29, 0.717) is 12.5 Å². The van der Waals surface area contributed by atoms with Crippen LogP contribution in [0.15, 0.2) is 48.7 Å². The molecule has 2 saturated heterocycles. The first kappa shape index (κ1) is 34.2. The van der Waals surface area contributed by atoms with Crippen molar-refractivity contribution in [1.82, 2.24) is 35.1 Å². The highest BCUT2D eigenvalue weighted by atomic mass is 16.5. The Hall–Kier alpha value is -4.94. The predicted molar refractivity (Wildman–Crippen MR) is 199 cm³/mol. The van der Waals surface area contributed by atoms with Gasteiger partial charge < -0.3 is 34.4 Å². The van der Waals surface area contributed by atoms with Crippen molar-refractivity contribution in [3.8, 4) is 28.1 Å². The molecule has 1 unspecified atom stereocenters. The second kappa shape index (κ2) is 13.6. The molecule has 3 aliphatic heterocycles. The highest BCUT2D eigenvalue weighted by molar-refractivity contribution is 6.07. The smallest absolute Gasteiger partial charge is 0.407 e. The Morgan fingerprint density at radius 2 is 1.88 bits per heavy atom.